The van der Waals surface area contributed by atoms with Gasteiger partial charge in [-0.05, 0) is 44.3 Å². The molecule has 3 nitrogen and oxygen atoms in total. The molecule has 2 aliphatic rings. The SMILES string of the molecule is O=C[C@H]1CC[C@H](C(=O)OC2CCCS2)CC1. The minimum absolute atomic E-state index is 0.0382. The maximum Gasteiger partial charge on any atom is 0.310 e. The van der Waals surface area contributed by atoms with E-state index in [0.717, 1.165) is 50.6 Å². The van der Waals surface area contributed by atoms with Crippen LogP contribution in [0.15, 0.2) is 0 Å². The Bertz CT molecular complexity index is 253. The summed E-state index contributed by atoms with van der Waals surface area (Å²) in [6, 6.07) is 0. The Kier molecular flexibility index (Phi) is 4.27. The molecular weight excluding hydrogens is 224 g/mol. The molecule has 1 atom stereocenters. The van der Waals surface area contributed by atoms with Gasteiger partial charge in [-0.3, -0.25) is 4.79 Å². The van der Waals surface area contributed by atoms with Crippen LogP contribution in [0.5, 0.6) is 0 Å². The second-order valence-electron chi connectivity index (χ2n) is 4.63. The number of thioether (sulfide) groups is 1. The molecule has 1 heterocycles. The van der Waals surface area contributed by atoms with E-state index >= 15 is 0 Å². The lowest BCUT2D eigenvalue weighted by Crippen LogP contribution is -2.26. The number of aldehydes is 1. The Balaban J connectivity index is 1.75. The smallest absolute Gasteiger partial charge is 0.310 e. The fourth-order valence-electron chi connectivity index (χ4n) is 2.36. The van der Waals surface area contributed by atoms with Crippen molar-refractivity contribution in [2.24, 2.45) is 11.8 Å². The highest BCUT2D eigenvalue weighted by molar-refractivity contribution is 8.00. The summed E-state index contributed by atoms with van der Waals surface area (Å²) in [5.41, 5.74) is 0.0938. The molecule has 0 radical (unpaired) electrons. The molecule has 1 saturated heterocycles. The summed E-state index contributed by atoms with van der Waals surface area (Å²) >= 11 is 1.74. The summed E-state index contributed by atoms with van der Waals surface area (Å²) in [6.07, 6.45) is 6.51. The average molecular weight is 242 g/mol. The molecule has 1 saturated carbocycles. The lowest BCUT2D eigenvalue weighted by atomic mass is 9.83. The van der Waals surface area contributed by atoms with Crippen molar-refractivity contribution in [2.45, 2.75) is 44.0 Å². The van der Waals surface area contributed by atoms with E-state index in [1.807, 2.05) is 0 Å². The van der Waals surface area contributed by atoms with E-state index < -0.39 is 0 Å². The van der Waals surface area contributed by atoms with Gasteiger partial charge in [-0.25, -0.2) is 0 Å². The van der Waals surface area contributed by atoms with Crippen LogP contribution in [0.2, 0.25) is 0 Å². The summed E-state index contributed by atoms with van der Waals surface area (Å²) in [7, 11) is 0. The van der Waals surface area contributed by atoms with Crippen LogP contribution in [0.1, 0.15) is 38.5 Å². The molecule has 0 spiro atoms. The van der Waals surface area contributed by atoms with E-state index in [9.17, 15) is 9.59 Å². The zero-order valence-electron chi connectivity index (χ0n) is 9.39. The van der Waals surface area contributed by atoms with Crippen LogP contribution < -0.4 is 0 Å². The molecular formula is C12H18O3S. The lowest BCUT2D eigenvalue weighted by Gasteiger charge is -2.24. The molecule has 2 rings (SSSR count). The van der Waals surface area contributed by atoms with Crippen molar-refractivity contribution in [2.75, 3.05) is 5.75 Å². The maximum atomic E-state index is 11.8. The molecule has 90 valence electrons. The van der Waals surface area contributed by atoms with E-state index in [1.54, 1.807) is 11.8 Å². The highest BCUT2D eigenvalue weighted by Gasteiger charge is 2.29. The Morgan fingerprint density at radius 3 is 2.50 bits per heavy atom. The van der Waals surface area contributed by atoms with Crippen molar-refractivity contribution in [3.8, 4) is 0 Å². The van der Waals surface area contributed by atoms with Gasteiger partial charge in [0.15, 0.2) is 0 Å². The van der Waals surface area contributed by atoms with Gasteiger partial charge in [-0.15, -0.1) is 11.8 Å². The first-order chi connectivity index (χ1) is 7.79. The van der Waals surface area contributed by atoms with E-state index in [-0.39, 0.29) is 23.2 Å². The second-order valence-corrected chi connectivity index (χ2v) is 5.89. The molecule has 0 N–H and O–H groups in total. The maximum absolute atomic E-state index is 11.8. The van der Waals surface area contributed by atoms with Gasteiger partial charge in [0, 0.05) is 5.92 Å². The molecule has 16 heavy (non-hydrogen) atoms. The number of carbonyl (C=O) groups excluding carboxylic acids is 2. The predicted molar refractivity (Wildman–Crippen MR) is 63.1 cm³/mol. The van der Waals surface area contributed by atoms with Crippen LogP contribution in [0.4, 0.5) is 0 Å². The van der Waals surface area contributed by atoms with Crippen LogP contribution in [0.3, 0.4) is 0 Å². The van der Waals surface area contributed by atoms with Gasteiger partial charge in [-0.2, -0.15) is 0 Å². The van der Waals surface area contributed by atoms with Gasteiger partial charge in [0.25, 0.3) is 0 Å². The van der Waals surface area contributed by atoms with Gasteiger partial charge in [0.05, 0.1) is 5.92 Å². The first-order valence-electron chi connectivity index (χ1n) is 6.07. The first-order valence-corrected chi connectivity index (χ1v) is 7.12. The molecule has 1 unspecified atom stereocenters. The molecule has 0 aromatic carbocycles. The quantitative estimate of drug-likeness (QED) is 0.563. The minimum atomic E-state index is -0.0382. The molecule has 1 aliphatic heterocycles. The fraction of sp³-hybridized carbons (Fsp3) is 0.833. The molecule has 0 aromatic rings. The number of hydrogen-bond donors (Lipinski definition) is 0. The Hall–Kier alpha value is -0.510. The van der Waals surface area contributed by atoms with Gasteiger partial charge in [0.1, 0.15) is 11.7 Å². The Morgan fingerprint density at radius 1 is 1.19 bits per heavy atom. The van der Waals surface area contributed by atoms with Crippen LogP contribution in [0, 0.1) is 11.8 Å². The molecule has 0 bridgehead atoms. The number of carbonyl (C=O) groups is 2. The summed E-state index contributed by atoms with van der Waals surface area (Å²) in [5.74, 6) is 1.28. The lowest BCUT2D eigenvalue weighted by molar-refractivity contribution is -0.151. The average Bonchev–Trinajstić information content (AvgIpc) is 2.82. The van der Waals surface area contributed by atoms with E-state index in [4.69, 9.17) is 4.74 Å². The standard InChI is InChI=1S/C12H18O3S/c13-8-9-3-5-10(6-4-9)12(14)15-11-2-1-7-16-11/h8-11H,1-7H2/t9-,10-,11?. The minimum Gasteiger partial charge on any atom is -0.451 e. The summed E-state index contributed by atoms with van der Waals surface area (Å²) < 4.78 is 5.46. The molecule has 0 amide bonds. The first kappa shape index (κ1) is 12.0. The third-order valence-corrected chi connectivity index (χ3v) is 4.66. The van der Waals surface area contributed by atoms with Crippen molar-refractivity contribution in [1.29, 1.82) is 0 Å². The normalized spacial score (nSPS) is 34.6. The zero-order valence-corrected chi connectivity index (χ0v) is 10.2. The highest BCUT2D eigenvalue weighted by atomic mass is 32.2. The topological polar surface area (TPSA) is 43.4 Å². The van der Waals surface area contributed by atoms with Gasteiger partial charge in [-0.1, -0.05) is 0 Å². The zero-order chi connectivity index (χ0) is 11.4. The molecule has 2 fully saturated rings. The van der Waals surface area contributed by atoms with Crippen molar-refractivity contribution < 1.29 is 14.3 Å². The number of esters is 1. The van der Waals surface area contributed by atoms with Crippen LogP contribution in [-0.4, -0.2) is 23.4 Å². The second kappa shape index (κ2) is 5.71. The third-order valence-electron chi connectivity index (χ3n) is 3.43. The summed E-state index contributed by atoms with van der Waals surface area (Å²) in [6.45, 7) is 0. The highest BCUT2D eigenvalue weighted by Crippen LogP contribution is 2.32. The fourth-order valence-corrected chi connectivity index (χ4v) is 3.45. The molecule has 1 aliphatic carbocycles. The number of ether oxygens (including phenoxy) is 1. The van der Waals surface area contributed by atoms with Crippen molar-refractivity contribution in [1.82, 2.24) is 0 Å². The van der Waals surface area contributed by atoms with Gasteiger partial charge in [0.2, 0.25) is 0 Å². The van der Waals surface area contributed by atoms with Crippen LogP contribution in [-0.2, 0) is 14.3 Å². The third kappa shape index (κ3) is 3.00. The van der Waals surface area contributed by atoms with Gasteiger partial charge >= 0.3 is 5.97 Å². The Morgan fingerprint density at radius 2 is 1.94 bits per heavy atom. The van der Waals surface area contributed by atoms with Crippen LogP contribution >= 0.6 is 11.8 Å². The van der Waals surface area contributed by atoms with Crippen molar-refractivity contribution in [3.05, 3.63) is 0 Å². The Labute approximate surface area is 100 Å². The predicted octanol–water partition coefficient (Wildman–Crippen LogP) is 2.39. The van der Waals surface area contributed by atoms with Crippen molar-refractivity contribution in [3.63, 3.8) is 0 Å². The van der Waals surface area contributed by atoms with Crippen molar-refractivity contribution >= 4 is 24.0 Å². The summed E-state index contributed by atoms with van der Waals surface area (Å²) in [4.78, 5) is 22.4. The van der Waals surface area contributed by atoms with E-state index in [1.165, 1.54) is 0 Å². The largest absolute Gasteiger partial charge is 0.451 e. The van der Waals surface area contributed by atoms with E-state index in [2.05, 4.69) is 0 Å². The number of hydrogen-bond acceptors (Lipinski definition) is 4. The monoisotopic (exact) mass is 242 g/mol. The summed E-state index contributed by atoms with van der Waals surface area (Å²) in [5, 5.41) is 0. The van der Waals surface area contributed by atoms with E-state index in [0.29, 0.717) is 0 Å². The molecule has 0 aromatic heterocycles. The number of rotatable bonds is 3. The molecule has 4 heteroatoms. The van der Waals surface area contributed by atoms with Crippen LogP contribution in [0.25, 0.3) is 0 Å². The van der Waals surface area contributed by atoms with Gasteiger partial charge < -0.3 is 9.53 Å².